The van der Waals surface area contributed by atoms with Crippen LogP contribution in [0.1, 0.15) is 32.6 Å². The third-order valence-electron chi connectivity index (χ3n) is 3.36. The van der Waals surface area contributed by atoms with Gasteiger partial charge in [-0.15, -0.1) is 0 Å². The fourth-order valence-electron chi connectivity index (χ4n) is 2.48. The topological polar surface area (TPSA) is 59.9 Å². The lowest BCUT2D eigenvalue weighted by Gasteiger charge is -2.26. The summed E-state index contributed by atoms with van der Waals surface area (Å²) in [4.78, 5) is 12.0. The summed E-state index contributed by atoms with van der Waals surface area (Å²) in [5.74, 6) is 2.00. The molecule has 1 aromatic heterocycles. The Labute approximate surface area is 112 Å². The highest BCUT2D eigenvalue weighted by Gasteiger charge is 2.19. The summed E-state index contributed by atoms with van der Waals surface area (Å²) in [5, 5.41) is 3.38. The van der Waals surface area contributed by atoms with Crippen molar-refractivity contribution >= 4 is 17.5 Å². The first-order chi connectivity index (χ1) is 8.67. The molecular formula is C12H19ClN4O. The minimum atomic E-state index is 0.154. The maximum absolute atomic E-state index is 5.79. The molecule has 1 aliphatic rings. The molecule has 1 saturated carbocycles. The maximum atomic E-state index is 5.79. The van der Waals surface area contributed by atoms with E-state index in [2.05, 4.69) is 27.2 Å². The van der Waals surface area contributed by atoms with Gasteiger partial charge in [-0.3, -0.25) is 0 Å². The molecule has 1 aliphatic carbocycles. The Kier molecular flexibility index (Phi) is 4.58. The maximum Gasteiger partial charge on any atom is 0.322 e. The van der Waals surface area contributed by atoms with Crippen molar-refractivity contribution in [3.63, 3.8) is 0 Å². The van der Waals surface area contributed by atoms with Crippen LogP contribution in [0, 0.1) is 11.8 Å². The highest BCUT2D eigenvalue weighted by atomic mass is 35.5. The van der Waals surface area contributed by atoms with Crippen LogP contribution >= 0.6 is 11.6 Å². The number of methoxy groups -OCH3 is 1. The second-order valence-electron chi connectivity index (χ2n) is 4.93. The number of anilines is 1. The number of hydrogen-bond acceptors (Lipinski definition) is 5. The van der Waals surface area contributed by atoms with E-state index in [0.717, 1.165) is 12.5 Å². The molecule has 1 heterocycles. The van der Waals surface area contributed by atoms with E-state index in [1.54, 1.807) is 0 Å². The molecule has 0 aliphatic heterocycles. The van der Waals surface area contributed by atoms with Gasteiger partial charge in [-0.05, 0) is 36.3 Å². The molecule has 0 spiro atoms. The number of aromatic nitrogens is 3. The van der Waals surface area contributed by atoms with E-state index in [1.165, 1.54) is 32.8 Å². The lowest BCUT2D eigenvalue weighted by atomic mass is 9.82. The van der Waals surface area contributed by atoms with Crippen LogP contribution in [0.4, 0.5) is 5.95 Å². The fourth-order valence-corrected chi connectivity index (χ4v) is 2.64. The molecule has 2 atom stereocenters. The average Bonchev–Trinajstić information content (AvgIpc) is 2.36. The molecule has 1 N–H and O–H groups in total. The van der Waals surface area contributed by atoms with Crippen LogP contribution in [0.2, 0.25) is 5.28 Å². The van der Waals surface area contributed by atoms with Crippen LogP contribution in [0.25, 0.3) is 0 Å². The molecule has 0 aromatic carbocycles. The first kappa shape index (κ1) is 13.3. The van der Waals surface area contributed by atoms with E-state index in [0.29, 0.717) is 11.9 Å². The molecule has 0 saturated heterocycles. The molecule has 0 bridgehead atoms. The van der Waals surface area contributed by atoms with Crippen molar-refractivity contribution in [1.29, 1.82) is 0 Å². The van der Waals surface area contributed by atoms with Gasteiger partial charge >= 0.3 is 6.01 Å². The summed E-state index contributed by atoms with van der Waals surface area (Å²) in [6.07, 6.45) is 5.20. The van der Waals surface area contributed by atoms with Gasteiger partial charge in [-0.1, -0.05) is 19.8 Å². The van der Waals surface area contributed by atoms with Crippen LogP contribution in [-0.4, -0.2) is 28.6 Å². The van der Waals surface area contributed by atoms with Gasteiger partial charge in [0, 0.05) is 6.54 Å². The van der Waals surface area contributed by atoms with Crippen LogP contribution in [0.15, 0.2) is 0 Å². The second-order valence-corrected chi connectivity index (χ2v) is 5.27. The number of halogens is 1. The summed E-state index contributed by atoms with van der Waals surface area (Å²) < 4.78 is 4.96. The average molecular weight is 271 g/mol. The fraction of sp³-hybridized carbons (Fsp3) is 0.750. The summed E-state index contributed by atoms with van der Waals surface area (Å²) in [6, 6.07) is 0.245. The molecule has 1 aromatic rings. The number of nitrogens with zero attached hydrogens (tertiary/aromatic N) is 3. The van der Waals surface area contributed by atoms with Crippen molar-refractivity contribution in [3.05, 3.63) is 5.28 Å². The van der Waals surface area contributed by atoms with E-state index in [-0.39, 0.29) is 11.3 Å². The minimum Gasteiger partial charge on any atom is -0.467 e. The number of nitrogens with one attached hydrogen (secondary N) is 1. The summed E-state index contributed by atoms with van der Waals surface area (Å²) in [7, 11) is 1.51. The van der Waals surface area contributed by atoms with Gasteiger partial charge in [0.1, 0.15) is 0 Å². The second kappa shape index (κ2) is 6.18. The Bertz CT molecular complexity index is 402. The molecular weight excluding hydrogens is 252 g/mol. The SMILES string of the molecule is COc1nc(Cl)nc(NCC2CCCC(C)C2)n1. The molecule has 6 heteroatoms. The third-order valence-corrected chi connectivity index (χ3v) is 3.53. The number of hydrogen-bond donors (Lipinski definition) is 1. The molecule has 18 heavy (non-hydrogen) atoms. The molecule has 2 unspecified atom stereocenters. The normalized spacial score (nSPS) is 23.7. The van der Waals surface area contributed by atoms with Crippen LogP contribution in [-0.2, 0) is 0 Å². The zero-order valence-corrected chi connectivity index (χ0v) is 11.6. The highest BCUT2D eigenvalue weighted by Crippen LogP contribution is 2.28. The Hall–Kier alpha value is -1.10. The molecule has 0 amide bonds. The van der Waals surface area contributed by atoms with E-state index in [4.69, 9.17) is 16.3 Å². The van der Waals surface area contributed by atoms with Crippen molar-refractivity contribution < 1.29 is 4.74 Å². The summed E-state index contributed by atoms with van der Waals surface area (Å²) >= 11 is 5.79. The standard InChI is InChI=1S/C12H19ClN4O/c1-8-4-3-5-9(6-8)7-14-11-15-10(13)16-12(17-11)18-2/h8-9H,3-7H2,1-2H3,(H,14,15,16,17). The lowest BCUT2D eigenvalue weighted by molar-refractivity contribution is 0.293. The Morgan fingerprint density at radius 1 is 1.33 bits per heavy atom. The third kappa shape index (κ3) is 3.70. The molecule has 2 rings (SSSR count). The van der Waals surface area contributed by atoms with Crippen molar-refractivity contribution in [2.45, 2.75) is 32.6 Å². The zero-order chi connectivity index (χ0) is 13.0. The first-order valence-corrected chi connectivity index (χ1v) is 6.74. The van der Waals surface area contributed by atoms with E-state index < -0.39 is 0 Å². The van der Waals surface area contributed by atoms with Gasteiger partial charge < -0.3 is 10.1 Å². The molecule has 1 fully saturated rings. The minimum absolute atomic E-state index is 0.154. The van der Waals surface area contributed by atoms with Crippen molar-refractivity contribution in [2.75, 3.05) is 19.0 Å². The van der Waals surface area contributed by atoms with E-state index in [1.807, 2.05) is 0 Å². The summed E-state index contributed by atoms with van der Waals surface area (Å²) in [5.41, 5.74) is 0. The first-order valence-electron chi connectivity index (χ1n) is 6.37. The molecule has 100 valence electrons. The molecule has 5 nitrogen and oxygen atoms in total. The quantitative estimate of drug-likeness (QED) is 0.912. The Balaban J connectivity index is 1.91. The van der Waals surface area contributed by atoms with Gasteiger partial charge in [-0.2, -0.15) is 15.0 Å². The zero-order valence-electron chi connectivity index (χ0n) is 10.8. The molecule has 0 radical (unpaired) electrons. The van der Waals surface area contributed by atoms with Gasteiger partial charge in [0.05, 0.1) is 7.11 Å². The van der Waals surface area contributed by atoms with E-state index in [9.17, 15) is 0 Å². The van der Waals surface area contributed by atoms with Crippen molar-refractivity contribution in [2.24, 2.45) is 11.8 Å². The van der Waals surface area contributed by atoms with Crippen LogP contribution in [0.3, 0.4) is 0 Å². The predicted octanol–water partition coefficient (Wildman–Crippen LogP) is 2.77. The highest BCUT2D eigenvalue weighted by molar-refractivity contribution is 6.28. The van der Waals surface area contributed by atoms with Crippen molar-refractivity contribution in [1.82, 2.24) is 15.0 Å². The van der Waals surface area contributed by atoms with Crippen LogP contribution < -0.4 is 10.1 Å². The summed E-state index contributed by atoms with van der Waals surface area (Å²) in [6.45, 7) is 3.20. The number of rotatable bonds is 4. The van der Waals surface area contributed by atoms with E-state index >= 15 is 0 Å². The Morgan fingerprint density at radius 2 is 2.17 bits per heavy atom. The predicted molar refractivity (Wildman–Crippen MR) is 71.0 cm³/mol. The number of ether oxygens (including phenoxy) is 1. The van der Waals surface area contributed by atoms with Crippen molar-refractivity contribution in [3.8, 4) is 6.01 Å². The van der Waals surface area contributed by atoms with Gasteiger partial charge in [-0.25, -0.2) is 0 Å². The smallest absolute Gasteiger partial charge is 0.322 e. The lowest BCUT2D eigenvalue weighted by Crippen LogP contribution is -2.22. The largest absolute Gasteiger partial charge is 0.467 e. The Morgan fingerprint density at radius 3 is 2.89 bits per heavy atom. The van der Waals surface area contributed by atoms with Crippen LogP contribution in [0.5, 0.6) is 6.01 Å². The van der Waals surface area contributed by atoms with Gasteiger partial charge in [0.15, 0.2) is 0 Å². The monoisotopic (exact) mass is 270 g/mol. The van der Waals surface area contributed by atoms with Gasteiger partial charge in [0.2, 0.25) is 11.2 Å². The van der Waals surface area contributed by atoms with Gasteiger partial charge in [0.25, 0.3) is 0 Å².